The number of aliphatic hydroxyl groups excluding tert-OH is 1. The fourth-order valence-electron chi connectivity index (χ4n) is 4.54. The number of β-amino-alcohol motifs (C(OH)–C–C–N with tert-alkyl or cyclic N) is 1. The second-order valence-electron chi connectivity index (χ2n) is 8.83. The van der Waals surface area contributed by atoms with Gasteiger partial charge in [-0.2, -0.15) is 0 Å². The Morgan fingerprint density at radius 2 is 1.90 bits per heavy atom. The lowest BCUT2D eigenvalue weighted by atomic mass is 9.88. The maximum Gasteiger partial charge on any atom is 0.289 e. The monoisotopic (exact) mass is 398 g/mol. The van der Waals surface area contributed by atoms with Gasteiger partial charge < -0.3 is 19.5 Å². The van der Waals surface area contributed by atoms with Crippen molar-refractivity contribution in [3.05, 3.63) is 41.7 Å². The number of nitrogens with zero attached hydrogens (tertiary/aromatic N) is 2. The molecular formula is C23H30N2O4. The summed E-state index contributed by atoms with van der Waals surface area (Å²) in [5.41, 5.74) is 1.37. The van der Waals surface area contributed by atoms with Gasteiger partial charge in [0.1, 0.15) is 5.75 Å². The van der Waals surface area contributed by atoms with Crippen molar-refractivity contribution < 1.29 is 19.4 Å². The summed E-state index contributed by atoms with van der Waals surface area (Å²) in [6, 6.07) is 8.41. The minimum absolute atomic E-state index is 0.00854. The molecule has 2 saturated carbocycles. The first-order chi connectivity index (χ1) is 14.2. The van der Waals surface area contributed by atoms with E-state index >= 15 is 0 Å². The number of hydrogen-bond acceptors (Lipinski definition) is 5. The molecule has 0 bridgehead atoms. The van der Waals surface area contributed by atoms with E-state index in [1.165, 1.54) is 18.4 Å². The summed E-state index contributed by atoms with van der Waals surface area (Å²) in [5, 5.41) is 9.56. The van der Waals surface area contributed by atoms with Crippen molar-refractivity contribution >= 4 is 5.91 Å². The summed E-state index contributed by atoms with van der Waals surface area (Å²) in [5.74, 6) is 1.90. The van der Waals surface area contributed by atoms with Crippen LogP contribution >= 0.6 is 0 Å². The Labute approximate surface area is 172 Å². The van der Waals surface area contributed by atoms with Gasteiger partial charge in [-0.3, -0.25) is 9.69 Å². The van der Waals surface area contributed by atoms with Gasteiger partial charge in [0.15, 0.2) is 5.76 Å². The topological polar surface area (TPSA) is 62.2 Å². The fourth-order valence-corrected chi connectivity index (χ4v) is 4.54. The van der Waals surface area contributed by atoms with Crippen LogP contribution in [0.25, 0.3) is 0 Å². The van der Waals surface area contributed by atoms with Gasteiger partial charge in [0.05, 0.1) is 18.8 Å². The number of hydrogen-bond donors (Lipinski definition) is 1. The zero-order chi connectivity index (χ0) is 19.8. The van der Waals surface area contributed by atoms with E-state index in [1.807, 2.05) is 23.1 Å². The van der Waals surface area contributed by atoms with Crippen LogP contribution in [0.2, 0.25) is 0 Å². The molecule has 1 atom stereocenters. The first-order valence-electron chi connectivity index (χ1n) is 11.0. The van der Waals surface area contributed by atoms with Crippen LogP contribution in [0, 0.1) is 0 Å². The van der Waals surface area contributed by atoms with Crippen LogP contribution in [-0.4, -0.2) is 71.8 Å². The van der Waals surface area contributed by atoms with E-state index in [0.29, 0.717) is 18.9 Å². The highest BCUT2D eigenvalue weighted by Gasteiger charge is 2.40. The first kappa shape index (κ1) is 19.1. The van der Waals surface area contributed by atoms with E-state index in [0.717, 1.165) is 50.6 Å². The van der Waals surface area contributed by atoms with Gasteiger partial charge in [-0.05, 0) is 61.8 Å². The van der Waals surface area contributed by atoms with Crippen LogP contribution in [0.3, 0.4) is 0 Å². The molecule has 0 radical (unpaired) electrons. The molecule has 1 aromatic rings. The molecular weight excluding hydrogens is 368 g/mol. The van der Waals surface area contributed by atoms with Crippen LogP contribution in [0.4, 0.5) is 0 Å². The lowest BCUT2D eigenvalue weighted by molar-refractivity contribution is -0.135. The molecule has 156 valence electrons. The van der Waals surface area contributed by atoms with E-state index < -0.39 is 0 Å². The van der Waals surface area contributed by atoms with Crippen molar-refractivity contribution in [3.63, 3.8) is 0 Å². The SMILES string of the molecule is O=C1C(Oc2ccc(C3CC3)cc2)=CCN1C1CC(OCCN2CC[C@@H](O)C2)C1. The highest BCUT2D eigenvalue weighted by Crippen LogP contribution is 2.40. The second-order valence-corrected chi connectivity index (χ2v) is 8.83. The lowest BCUT2D eigenvalue weighted by Gasteiger charge is -2.41. The molecule has 0 spiro atoms. The number of aliphatic hydroxyl groups is 1. The molecule has 6 nitrogen and oxygen atoms in total. The second kappa shape index (κ2) is 8.09. The number of likely N-dealkylation sites (tertiary alicyclic amines) is 1. The molecule has 0 aromatic heterocycles. The van der Waals surface area contributed by atoms with Crippen molar-refractivity contribution in [1.82, 2.24) is 9.80 Å². The van der Waals surface area contributed by atoms with Gasteiger partial charge in [0, 0.05) is 32.2 Å². The number of rotatable bonds is 8. The van der Waals surface area contributed by atoms with E-state index in [2.05, 4.69) is 17.0 Å². The summed E-state index contributed by atoms with van der Waals surface area (Å²) in [4.78, 5) is 16.9. The van der Waals surface area contributed by atoms with E-state index in [-0.39, 0.29) is 24.2 Å². The fraction of sp³-hybridized carbons (Fsp3) is 0.609. The molecule has 1 N–H and O–H groups in total. The zero-order valence-corrected chi connectivity index (χ0v) is 16.8. The molecule has 2 aliphatic heterocycles. The van der Waals surface area contributed by atoms with Gasteiger partial charge in [-0.1, -0.05) is 12.1 Å². The number of amides is 1. The van der Waals surface area contributed by atoms with Crippen molar-refractivity contribution in [2.45, 2.75) is 56.3 Å². The van der Waals surface area contributed by atoms with Crippen LogP contribution in [0.15, 0.2) is 36.1 Å². The Balaban J connectivity index is 1.03. The molecule has 2 heterocycles. The smallest absolute Gasteiger partial charge is 0.289 e. The lowest BCUT2D eigenvalue weighted by Crippen LogP contribution is -2.49. The Morgan fingerprint density at radius 1 is 1.10 bits per heavy atom. The molecule has 1 saturated heterocycles. The average molecular weight is 399 g/mol. The molecule has 6 heteroatoms. The van der Waals surface area contributed by atoms with Gasteiger partial charge >= 0.3 is 0 Å². The zero-order valence-electron chi connectivity index (χ0n) is 16.8. The molecule has 2 aliphatic carbocycles. The normalized spacial score (nSPS) is 29.8. The minimum atomic E-state index is -0.177. The van der Waals surface area contributed by atoms with Gasteiger partial charge in [0.25, 0.3) is 5.91 Å². The molecule has 5 rings (SSSR count). The molecule has 1 aromatic carbocycles. The molecule has 3 fully saturated rings. The first-order valence-corrected chi connectivity index (χ1v) is 11.0. The maximum absolute atomic E-state index is 12.7. The number of carbonyl (C=O) groups is 1. The van der Waals surface area contributed by atoms with Gasteiger partial charge in [-0.15, -0.1) is 0 Å². The van der Waals surface area contributed by atoms with Gasteiger partial charge in [-0.25, -0.2) is 0 Å². The number of benzene rings is 1. The number of ether oxygens (including phenoxy) is 2. The Hall–Kier alpha value is -1.89. The molecule has 29 heavy (non-hydrogen) atoms. The predicted octanol–water partition coefficient (Wildman–Crippen LogP) is 2.28. The Morgan fingerprint density at radius 3 is 2.59 bits per heavy atom. The van der Waals surface area contributed by atoms with Crippen LogP contribution in [-0.2, 0) is 9.53 Å². The molecule has 1 amide bonds. The third kappa shape index (κ3) is 4.34. The summed E-state index contributed by atoms with van der Waals surface area (Å²) >= 11 is 0. The summed E-state index contributed by atoms with van der Waals surface area (Å²) in [7, 11) is 0. The van der Waals surface area contributed by atoms with Crippen LogP contribution in [0.5, 0.6) is 5.75 Å². The molecule has 0 unspecified atom stereocenters. The third-order valence-corrected chi connectivity index (χ3v) is 6.62. The van der Waals surface area contributed by atoms with E-state index in [1.54, 1.807) is 0 Å². The average Bonchev–Trinajstić information content (AvgIpc) is 3.37. The van der Waals surface area contributed by atoms with Crippen molar-refractivity contribution in [2.75, 3.05) is 32.8 Å². The Bertz CT molecular complexity index is 768. The quantitative estimate of drug-likeness (QED) is 0.728. The highest BCUT2D eigenvalue weighted by molar-refractivity contribution is 5.94. The van der Waals surface area contributed by atoms with Crippen molar-refractivity contribution in [2.24, 2.45) is 0 Å². The molecule has 4 aliphatic rings. The van der Waals surface area contributed by atoms with Crippen LogP contribution < -0.4 is 4.74 Å². The van der Waals surface area contributed by atoms with Crippen molar-refractivity contribution in [1.29, 1.82) is 0 Å². The van der Waals surface area contributed by atoms with E-state index in [9.17, 15) is 9.90 Å². The van der Waals surface area contributed by atoms with Crippen LogP contribution in [0.1, 0.15) is 43.6 Å². The standard InChI is InChI=1S/C23H30N2O4/c26-19-7-9-24(15-19)11-12-28-21-13-18(14-21)25-10-8-22(23(25)27)29-20-5-3-17(4-6-20)16-1-2-16/h3-6,8,16,18-19,21,26H,1-2,7,9-15H2/t18?,19-,21?/m1/s1. The summed E-state index contributed by atoms with van der Waals surface area (Å²) in [6.45, 7) is 3.91. The van der Waals surface area contributed by atoms with Gasteiger partial charge in [0.2, 0.25) is 0 Å². The highest BCUT2D eigenvalue weighted by atomic mass is 16.5. The minimum Gasteiger partial charge on any atom is -0.452 e. The summed E-state index contributed by atoms with van der Waals surface area (Å²) < 4.78 is 11.8. The third-order valence-electron chi connectivity index (χ3n) is 6.62. The predicted molar refractivity (Wildman–Crippen MR) is 109 cm³/mol. The Kier molecular flexibility index (Phi) is 5.33. The van der Waals surface area contributed by atoms with Crippen molar-refractivity contribution in [3.8, 4) is 5.75 Å². The number of carbonyl (C=O) groups excluding carboxylic acids is 1. The largest absolute Gasteiger partial charge is 0.452 e. The summed E-state index contributed by atoms with van der Waals surface area (Å²) in [6.07, 6.45) is 7.18. The van der Waals surface area contributed by atoms with E-state index in [4.69, 9.17) is 9.47 Å². The maximum atomic E-state index is 12.7.